The third-order valence-electron chi connectivity index (χ3n) is 2.59. The summed E-state index contributed by atoms with van der Waals surface area (Å²) in [5.41, 5.74) is -0.650. The van der Waals surface area contributed by atoms with Gasteiger partial charge in [-0.3, -0.25) is 4.79 Å². The van der Waals surface area contributed by atoms with Crippen LogP contribution in [-0.2, 0) is 6.18 Å². The summed E-state index contributed by atoms with van der Waals surface area (Å²) >= 11 is 1.46. The fourth-order valence-electron chi connectivity index (χ4n) is 1.29. The molecule has 100 valence electrons. The van der Waals surface area contributed by atoms with Gasteiger partial charge < -0.3 is 0 Å². The molecule has 1 aromatic rings. The number of hydrogen-bond donors (Lipinski definition) is 0. The Morgan fingerprint density at radius 1 is 1.39 bits per heavy atom. The number of ketones is 1. The molecule has 0 spiro atoms. The molecule has 0 saturated heterocycles. The van der Waals surface area contributed by atoms with Crippen LogP contribution in [0.15, 0.2) is 24.3 Å². The van der Waals surface area contributed by atoms with E-state index in [2.05, 4.69) is 0 Å². The molecule has 1 aromatic carbocycles. The number of hydrogen-bond acceptors (Lipinski definition) is 2. The van der Waals surface area contributed by atoms with Gasteiger partial charge in [-0.2, -0.15) is 24.9 Å². The van der Waals surface area contributed by atoms with E-state index in [9.17, 15) is 18.0 Å². The monoisotopic (exact) mass is 276 g/mol. The largest absolute Gasteiger partial charge is 0.416 e. The Labute approximate surface area is 109 Å². The van der Waals surface area contributed by atoms with E-state index in [1.54, 1.807) is 0 Å². The van der Waals surface area contributed by atoms with Crippen LogP contribution in [0.3, 0.4) is 0 Å². The van der Waals surface area contributed by atoms with Gasteiger partial charge in [-0.25, -0.2) is 0 Å². The Balaban J connectivity index is 2.75. The first-order valence-electron chi connectivity index (χ1n) is 5.66. The average Bonchev–Trinajstić information content (AvgIpc) is 2.34. The molecule has 0 bridgehead atoms. The predicted octanol–water partition coefficient (Wildman–Crippen LogP) is 4.42. The topological polar surface area (TPSA) is 17.1 Å². The minimum atomic E-state index is -4.40. The third kappa shape index (κ3) is 4.37. The lowest BCUT2D eigenvalue weighted by Gasteiger charge is -2.09. The van der Waals surface area contributed by atoms with Gasteiger partial charge in [-0.05, 0) is 18.6 Å². The van der Waals surface area contributed by atoms with E-state index in [4.69, 9.17) is 0 Å². The van der Waals surface area contributed by atoms with Crippen molar-refractivity contribution in [2.75, 3.05) is 5.75 Å². The van der Waals surface area contributed by atoms with Crippen molar-refractivity contribution in [3.05, 3.63) is 35.4 Å². The van der Waals surface area contributed by atoms with E-state index < -0.39 is 11.7 Å². The van der Waals surface area contributed by atoms with Gasteiger partial charge in [0.2, 0.25) is 0 Å². The van der Waals surface area contributed by atoms with Crippen LogP contribution >= 0.6 is 11.8 Å². The Kier molecular flexibility index (Phi) is 5.26. The molecule has 0 saturated carbocycles. The Hall–Kier alpha value is -0.970. The SMILES string of the molecule is CCC(C)SCC(=O)c1cccc(C(F)(F)F)c1. The molecule has 0 N–H and O–H groups in total. The van der Waals surface area contributed by atoms with Crippen molar-refractivity contribution in [1.29, 1.82) is 0 Å². The van der Waals surface area contributed by atoms with Crippen LogP contribution < -0.4 is 0 Å². The van der Waals surface area contributed by atoms with Gasteiger partial charge in [0, 0.05) is 10.8 Å². The molecule has 1 atom stereocenters. The summed E-state index contributed by atoms with van der Waals surface area (Å²) in [6.45, 7) is 4.00. The summed E-state index contributed by atoms with van der Waals surface area (Å²) < 4.78 is 37.5. The van der Waals surface area contributed by atoms with Gasteiger partial charge in [0.25, 0.3) is 0 Å². The van der Waals surface area contributed by atoms with Crippen LogP contribution in [0.25, 0.3) is 0 Å². The van der Waals surface area contributed by atoms with Crippen LogP contribution in [0.4, 0.5) is 13.2 Å². The van der Waals surface area contributed by atoms with Gasteiger partial charge in [0.15, 0.2) is 5.78 Å². The van der Waals surface area contributed by atoms with Crippen molar-refractivity contribution >= 4 is 17.5 Å². The smallest absolute Gasteiger partial charge is 0.293 e. The second-order valence-electron chi connectivity index (χ2n) is 4.03. The van der Waals surface area contributed by atoms with E-state index in [-0.39, 0.29) is 17.1 Å². The first-order valence-corrected chi connectivity index (χ1v) is 6.71. The predicted molar refractivity (Wildman–Crippen MR) is 68.0 cm³/mol. The second-order valence-corrected chi connectivity index (χ2v) is 5.46. The zero-order valence-electron chi connectivity index (χ0n) is 10.3. The minimum absolute atomic E-state index is 0.126. The fraction of sp³-hybridized carbons (Fsp3) is 0.462. The number of thioether (sulfide) groups is 1. The van der Waals surface area contributed by atoms with Gasteiger partial charge >= 0.3 is 6.18 Å². The lowest BCUT2D eigenvalue weighted by Crippen LogP contribution is -2.09. The molecule has 1 unspecified atom stereocenters. The first-order chi connectivity index (χ1) is 8.34. The van der Waals surface area contributed by atoms with Crippen molar-refractivity contribution in [1.82, 2.24) is 0 Å². The summed E-state index contributed by atoms with van der Waals surface area (Å²) in [4.78, 5) is 11.8. The highest BCUT2D eigenvalue weighted by atomic mass is 32.2. The van der Waals surface area contributed by atoms with Crippen LogP contribution in [0.2, 0.25) is 0 Å². The number of carbonyl (C=O) groups excluding carboxylic acids is 1. The fourth-order valence-corrected chi connectivity index (χ4v) is 2.13. The van der Waals surface area contributed by atoms with Gasteiger partial charge in [-0.1, -0.05) is 26.0 Å². The number of benzene rings is 1. The molecular weight excluding hydrogens is 261 g/mol. The van der Waals surface area contributed by atoms with Crippen molar-refractivity contribution in [2.24, 2.45) is 0 Å². The summed E-state index contributed by atoms with van der Waals surface area (Å²) in [7, 11) is 0. The maximum Gasteiger partial charge on any atom is 0.416 e. The zero-order valence-corrected chi connectivity index (χ0v) is 11.1. The molecule has 0 aliphatic heterocycles. The minimum Gasteiger partial charge on any atom is -0.293 e. The Morgan fingerprint density at radius 2 is 2.06 bits per heavy atom. The van der Waals surface area contributed by atoms with Crippen LogP contribution in [0.5, 0.6) is 0 Å². The average molecular weight is 276 g/mol. The highest BCUT2D eigenvalue weighted by molar-refractivity contribution is 8.00. The van der Waals surface area contributed by atoms with Crippen LogP contribution in [0.1, 0.15) is 36.2 Å². The molecule has 0 aromatic heterocycles. The maximum absolute atomic E-state index is 12.5. The lowest BCUT2D eigenvalue weighted by molar-refractivity contribution is -0.137. The molecule has 5 heteroatoms. The van der Waals surface area contributed by atoms with Crippen molar-refractivity contribution in [2.45, 2.75) is 31.7 Å². The highest BCUT2D eigenvalue weighted by Gasteiger charge is 2.30. The van der Waals surface area contributed by atoms with Crippen LogP contribution in [0, 0.1) is 0 Å². The standard InChI is InChI=1S/C13H15F3OS/c1-3-9(2)18-8-12(17)10-5-4-6-11(7-10)13(14,15)16/h4-7,9H,3,8H2,1-2H3. The second kappa shape index (κ2) is 6.27. The molecule has 0 fully saturated rings. The van der Waals surface area contributed by atoms with Gasteiger partial charge in [-0.15, -0.1) is 0 Å². The Morgan fingerprint density at radius 3 is 2.61 bits per heavy atom. The van der Waals surface area contributed by atoms with Crippen molar-refractivity contribution < 1.29 is 18.0 Å². The van der Waals surface area contributed by atoms with Crippen LogP contribution in [-0.4, -0.2) is 16.8 Å². The molecule has 0 aliphatic carbocycles. The highest BCUT2D eigenvalue weighted by Crippen LogP contribution is 2.29. The molecule has 18 heavy (non-hydrogen) atoms. The summed E-state index contributed by atoms with van der Waals surface area (Å²) in [5, 5.41) is 0.333. The molecule has 0 radical (unpaired) electrons. The molecule has 1 rings (SSSR count). The number of alkyl halides is 3. The van der Waals surface area contributed by atoms with Crippen molar-refractivity contribution in [3.8, 4) is 0 Å². The van der Waals surface area contributed by atoms with Gasteiger partial charge in [0.05, 0.1) is 11.3 Å². The number of carbonyl (C=O) groups is 1. The number of halogens is 3. The van der Waals surface area contributed by atoms with E-state index >= 15 is 0 Å². The van der Waals surface area contributed by atoms with E-state index in [1.807, 2.05) is 13.8 Å². The quantitative estimate of drug-likeness (QED) is 0.740. The summed E-state index contributed by atoms with van der Waals surface area (Å²) in [5.74, 6) is -0.0394. The Bertz CT molecular complexity index is 415. The maximum atomic E-state index is 12.5. The van der Waals surface area contributed by atoms with E-state index in [1.165, 1.54) is 23.9 Å². The zero-order chi connectivity index (χ0) is 13.8. The summed E-state index contributed by atoms with van der Waals surface area (Å²) in [6.07, 6.45) is -3.47. The van der Waals surface area contributed by atoms with E-state index in [0.29, 0.717) is 5.25 Å². The molecular formula is C13H15F3OS. The number of Topliss-reactive ketones (excluding diaryl/α,β-unsaturated/α-hetero) is 1. The lowest BCUT2D eigenvalue weighted by atomic mass is 10.1. The molecule has 0 aliphatic rings. The molecule has 0 heterocycles. The number of rotatable bonds is 5. The van der Waals surface area contributed by atoms with Crippen molar-refractivity contribution in [3.63, 3.8) is 0 Å². The first kappa shape index (κ1) is 15.1. The third-order valence-corrected chi connectivity index (χ3v) is 3.92. The molecule has 0 amide bonds. The normalized spacial score (nSPS) is 13.4. The summed E-state index contributed by atoms with van der Waals surface area (Å²) in [6, 6.07) is 4.58. The molecule has 1 nitrogen and oxygen atoms in total. The van der Waals surface area contributed by atoms with E-state index in [0.717, 1.165) is 18.6 Å². The van der Waals surface area contributed by atoms with Gasteiger partial charge in [0.1, 0.15) is 0 Å².